The number of piperidine rings is 3. The van der Waals surface area contributed by atoms with Crippen LogP contribution in [0.2, 0.25) is 0 Å². The molecule has 1 N–H and O–H groups in total. The predicted octanol–water partition coefficient (Wildman–Crippen LogP) is 4.43. The van der Waals surface area contributed by atoms with Gasteiger partial charge in [-0.25, -0.2) is 9.18 Å². The molecule has 0 aromatic heterocycles. The lowest BCUT2D eigenvalue weighted by Crippen LogP contribution is -2.53. The fraction of sp³-hybridized carbons (Fsp3) is 0.435. The first kappa shape index (κ1) is 18.4. The molecule has 1 atom stereocenters. The molecule has 6 rings (SSSR count). The number of nitrogens with zero attached hydrogens (tertiary/aromatic N) is 1. The van der Waals surface area contributed by atoms with Gasteiger partial charge in [0, 0.05) is 6.54 Å². The van der Waals surface area contributed by atoms with E-state index in [-0.39, 0.29) is 23.6 Å². The molecule has 1 amide bonds. The largest absolute Gasteiger partial charge is 0.457 e. The molecule has 4 aliphatic rings. The fourth-order valence-corrected chi connectivity index (χ4v) is 4.51. The Hall–Kier alpha value is -2.60. The van der Waals surface area contributed by atoms with Crippen LogP contribution in [-0.2, 0) is 10.3 Å². The zero-order valence-corrected chi connectivity index (χ0v) is 16.3. The number of carbonyl (C=O) groups excluding carboxylic acids is 1. The molecular weight excluding hydrogens is 371 g/mol. The van der Waals surface area contributed by atoms with Crippen LogP contribution in [0.5, 0.6) is 11.5 Å². The molecule has 1 aliphatic carbocycles. The minimum Gasteiger partial charge on any atom is -0.457 e. The average molecular weight is 396 g/mol. The van der Waals surface area contributed by atoms with Crippen molar-refractivity contribution in [3.63, 3.8) is 0 Å². The lowest BCUT2D eigenvalue weighted by Gasteiger charge is -2.44. The summed E-state index contributed by atoms with van der Waals surface area (Å²) in [6, 6.07) is 13.6. The van der Waals surface area contributed by atoms with Gasteiger partial charge in [-0.2, -0.15) is 0 Å². The fourth-order valence-electron chi connectivity index (χ4n) is 4.51. The summed E-state index contributed by atoms with van der Waals surface area (Å²) in [4.78, 5) is 15.0. The standard InChI is InChI=1S/C23H25FN2O3/c24-18-4-6-19(7-5-18)28-20-3-1-2-17(14-20)23(10-11-23)25-22(27)29-21-15-26-12-8-16(21)9-13-26/h1-7,14,16,21H,8-13,15H2,(H,25,27). The Kier molecular flexibility index (Phi) is 4.66. The summed E-state index contributed by atoms with van der Waals surface area (Å²) in [7, 11) is 0. The normalized spacial score (nSPS) is 26.6. The molecule has 6 heteroatoms. The van der Waals surface area contributed by atoms with Crippen molar-refractivity contribution in [2.75, 3.05) is 19.6 Å². The molecule has 0 spiro atoms. The Morgan fingerprint density at radius 2 is 1.83 bits per heavy atom. The van der Waals surface area contributed by atoms with Gasteiger partial charge < -0.3 is 14.8 Å². The zero-order valence-electron chi connectivity index (χ0n) is 16.3. The van der Waals surface area contributed by atoms with Crippen LogP contribution in [0.4, 0.5) is 9.18 Å². The van der Waals surface area contributed by atoms with Gasteiger partial charge in [-0.05, 0) is 86.7 Å². The van der Waals surface area contributed by atoms with Gasteiger partial charge in [0.05, 0.1) is 5.54 Å². The van der Waals surface area contributed by atoms with Crippen molar-refractivity contribution in [2.45, 2.75) is 37.3 Å². The number of alkyl carbamates (subject to hydrolysis) is 1. The van der Waals surface area contributed by atoms with E-state index in [1.54, 1.807) is 12.1 Å². The molecule has 3 heterocycles. The molecule has 2 bridgehead atoms. The van der Waals surface area contributed by atoms with Crippen molar-refractivity contribution in [3.8, 4) is 11.5 Å². The highest BCUT2D eigenvalue weighted by molar-refractivity contribution is 5.70. The topological polar surface area (TPSA) is 50.8 Å². The maximum atomic E-state index is 13.1. The number of hydrogen-bond donors (Lipinski definition) is 1. The first-order valence-electron chi connectivity index (χ1n) is 10.3. The van der Waals surface area contributed by atoms with Crippen molar-refractivity contribution in [2.24, 2.45) is 5.92 Å². The monoisotopic (exact) mass is 396 g/mol. The van der Waals surface area contributed by atoms with Gasteiger partial charge in [0.25, 0.3) is 0 Å². The molecule has 1 saturated carbocycles. The van der Waals surface area contributed by atoms with Crippen molar-refractivity contribution < 1.29 is 18.7 Å². The first-order valence-corrected chi connectivity index (χ1v) is 10.3. The maximum Gasteiger partial charge on any atom is 0.408 e. The number of ether oxygens (including phenoxy) is 2. The second kappa shape index (κ2) is 7.34. The second-order valence-electron chi connectivity index (χ2n) is 8.37. The molecule has 1 unspecified atom stereocenters. The third-order valence-corrected chi connectivity index (χ3v) is 6.38. The molecule has 0 radical (unpaired) electrons. The quantitative estimate of drug-likeness (QED) is 0.813. The van der Waals surface area contributed by atoms with E-state index >= 15 is 0 Å². The third kappa shape index (κ3) is 3.94. The highest BCUT2D eigenvalue weighted by atomic mass is 19.1. The Labute approximate surface area is 169 Å². The summed E-state index contributed by atoms with van der Waals surface area (Å²) < 4.78 is 24.7. The molecule has 152 valence electrons. The molecule has 3 aliphatic heterocycles. The maximum absolute atomic E-state index is 13.1. The van der Waals surface area contributed by atoms with Crippen LogP contribution in [0, 0.1) is 11.7 Å². The lowest BCUT2D eigenvalue weighted by molar-refractivity contribution is -0.0342. The van der Waals surface area contributed by atoms with E-state index in [1.807, 2.05) is 24.3 Å². The minimum absolute atomic E-state index is 0.00134. The van der Waals surface area contributed by atoms with Crippen LogP contribution in [0.25, 0.3) is 0 Å². The zero-order chi connectivity index (χ0) is 19.8. The van der Waals surface area contributed by atoms with E-state index in [0.29, 0.717) is 17.4 Å². The van der Waals surface area contributed by atoms with Gasteiger partial charge in [0.2, 0.25) is 0 Å². The minimum atomic E-state index is -0.382. The molecular formula is C23H25FN2O3. The summed E-state index contributed by atoms with van der Waals surface area (Å²) in [6.45, 7) is 3.10. The van der Waals surface area contributed by atoms with Gasteiger partial charge in [-0.15, -0.1) is 0 Å². The molecule has 3 saturated heterocycles. The van der Waals surface area contributed by atoms with E-state index in [4.69, 9.17) is 9.47 Å². The third-order valence-electron chi connectivity index (χ3n) is 6.38. The molecule has 2 aromatic carbocycles. The van der Waals surface area contributed by atoms with Gasteiger partial charge in [-0.1, -0.05) is 12.1 Å². The second-order valence-corrected chi connectivity index (χ2v) is 8.37. The van der Waals surface area contributed by atoms with Gasteiger partial charge in [0.15, 0.2) is 0 Å². The van der Waals surface area contributed by atoms with Crippen LogP contribution in [0.3, 0.4) is 0 Å². The Bertz CT molecular complexity index is 889. The SMILES string of the molecule is O=C(NC1(c2cccc(Oc3ccc(F)cc3)c2)CC1)OC1CN2CCC1CC2. The lowest BCUT2D eigenvalue weighted by atomic mass is 9.86. The Balaban J connectivity index is 1.24. The number of fused-ring (bicyclic) bond motifs is 3. The predicted molar refractivity (Wildman–Crippen MR) is 106 cm³/mol. The summed E-state index contributed by atoms with van der Waals surface area (Å²) in [5.41, 5.74) is 0.621. The highest BCUT2D eigenvalue weighted by Gasteiger charge is 2.47. The Morgan fingerprint density at radius 1 is 1.07 bits per heavy atom. The number of carbonyl (C=O) groups is 1. The molecule has 5 nitrogen and oxygen atoms in total. The average Bonchev–Trinajstić information content (AvgIpc) is 3.51. The molecule has 29 heavy (non-hydrogen) atoms. The van der Waals surface area contributed by atoms with E-state index in [1.165, 1.54) is 12.1 Å². The van der Waals surface area contributed by atoms with Gasteiger partial charge in [-0.3, -0.25) is 4.90 Å². The number of rotatable bonds is 5. The van der Waals surface area contributed by atoms with E-state index in [0.717, 1.165) is 50.9 Å². The highest BCUT2D eigenvalue weighted by Crippen LogP contribution is 2.46. The van der Waals surface area contributed by atoms with Crippen LogP contribution in [-0.4, -0.2) is 36.7 Å². The van der Waals surface area contributed by atoms with Crippen molar-refractivity contribution in [1.29, 1.82) is 0 Å². The van der Waals surface area contributed by atoms with Crippen molar-refractivity contribution >= 4 is 6.09 Å². The summed E-state index contributed by atoms with van der Waals surface area (Å²) >= 11 is 0. The van der Waals surface area contributed by atoms with Crippen LogP contribution in [0.15, 0.2) is 48.5 Å². The van der Waals surface area contributed by atoms with E-state index in [9.17, 15) is 9.18 Å². The number of benzene rings is 2. The smallest absolute Gasteiger partial charge is 0.408 e. The summed E-state index contributed by atoms with van der Waals surface area (Å²) in [6.07, 6.45) is 3.66. The van der Waals surface area contributed by atoms with Crippen LogP contribution in [0.1, 0.15) is 31.2 Å². The molecule has 2 aromatic rings. The Morgan fingerprint density at radius 3 is 2.48 bits per heavy atom. The first-order chi connectivity index (χ1) is 14.1. The van der Waals surface area contributed by atoms with Gasteiger partial charge in [0.1, 0.15) is 23.4 Å². The van der Waals surface area contributed by atoms with Crippen LogP contribution < -0.4 is 10.1 Å². The summed E-state index contributed by atoms with van der Waals surface area (Å²) in [5, 5.41) is 3.10. The summed E-state index contributed by atoms with van der Waals surface area (Å²) in [5.74, 6) is 1.43. The van der Waals surface area contributed by atoms with Crippen LogP contribution >= 0.6 is 0 Å². The van der Waals surface area contributed by atoms with Crippen molar-refractivity contribution in [3.05, 3.63) is 59.9 Å². The number of amides is 1. The number of nitrogens with one attached hydrogen (secondary N) is 1. The van der Waals surface area contributed by atoms with Gasteiger partial charge >= 0.3 is 6.09 Å². The van der Waals surface area contributed by atoms with E-state index in [2.05, 4.69) is 10.2 Å². The number of halogens is 1. The molecule has 4 fully saturated rings. The van der Waals surface area contributed by atoms with E-state index < -0.39 is 0 Å². The van der Waals surface area contributed by atoms with Crippen molar-refractivity contribution in [1.82, 2.24) is 10.2 Å². The number of hydrogen-bond acceptors (Lipinski definition) is 4.